The summed E-state index contributed by atoms with van der Waals surface area (Å²) in [5.74, 6) is -2.61. The highest BCUT2D eigenvalue weighted by Crippen LogP contribution is 2.60. The molecule has 1 N–H and O–H groups in total. The summed E-state index contributed by atoms with van der Waals surface area (Å²) in [6.45, 7) is 14.1. The van der Waals surface area contributed by atoms with Crippen LogP contribution < -0.4 is 0 Å². The molecule has 4 unspecified atom stereocenters. The Morgan fingerprint density at radius 1 is 0.919 bits per heavy atom. The number of aliphatic hydroxyl groups excluding tert-OH is 1. The average molecular weight is 503 g/mol. The maximum atomic E-state index is 14.3. The molecule has 0 aromatic heterocycles. The fourth-order valence-corrected chi connectivity index (χ4v) is 6.05. The van der Waals surface area contributed by atoms with Crippen molar-refractivity contribution in [3.05, 3.63) is 76.4 Å². The van der Waals surface area contributed by atoms with Crippen LogP contribution in [0.25, 0.3) is 5.76 Å². The van der Waals surface area contributed by atoms with Crippen molar-refractivity contribution in [2.75, 3.05) is 0 Å². The minimum Gasteiger partial charge on any atom is -0.506 e. The van der Waals surface area contributed by atoms with E-state index in [1.807, 2.05) is 60.6 Å². The van der Waals surface area contributed by atoms with Crippen LogP contribution in [0.5, 0.6) is 0 Å². The molecule has 0 amide bonds. The Balaban J connectivity index is 2.27. The summed E-state index contributed by atoms with van der Waals surface area (Å²) >= 11 is 0. The van der Waals surface area contributed by atoms with Crippen LogP contribution in [0.15, 0.2) is 70.9 Å². The van der Waals surface area contributed by atoms with Crippen molar-refractivity contribution >= 4 is 23.1 Å². The fraction of sp³-hybridized carbons (Fsp3) is 0.485. The van der Waals surface area contributed by atoms with Gasteiger partial charge in [-0.3, -0.25) is 14.4 Å². The van der Waals surface area contributed by atoms with E-state index in [1.165, 1.54) is 11.1 Å². The number of rotatable bonds is 8. The largest absolute Gasteiger partial charge is 0.506 e. The number of carbonyl (C=O) groups excluding carboxylic acids is 3. The number of carbonyl (C=O) groups is 3. The lowest BCUT2D eigenvalue weighted by Crippen LogP contribution is -2.63. The molecule has 0 saturated heterocycles. The Bertz CT molecular complexity index is 1180. The van der Waals surface area contributed by atoms with E-state index in [0.717, 1.165) is 12.0 Å². The topological polar surface area (TPSA) is 71.4 Å². The highest BCUT2D eigenvalue weighted by molar-refractivity contribution is 6.39. The second kappa shape index (κ2) is 11.2. The highest BCUT2D eigenvalue weighted by Gasteiger charge is 2.67. The standard InChI is InChI=1S/C33H42O4/c1-21(2)12-11-18-32(7)25(16-15-22(3)4)20-33(19-17-23(5)6)30(36)26(29(35)27(32)31(33)37)28(34)24-13-9-8-10-14-24/h8-10,12-15,17,25,27,34H,11,16,18-20H2,1-7H3. The Kier molecular flexibility index (Phi) is 8.62. The summed E-state index contributed by atoms with van der Waals surface area (Å²) in [6, 6.07) is 8.70. The van der Waals surface area contributed by atoms with E-state index < -0.39 is 28.3 Å². The van der Waals surface area contributed by atoms with Gasteiger partial charge in [0.05, 0.1) is 11.3 Å². The second-order valence-electron chi connectivity index (χ2n) is 11.9. The normalized spacial score (nSPS) is 28.5. The minimum atomic E-state index is -1.34. The van der Waals surface area contributed by atoms with Gasteiger partial charge < -0.3 is 5.11 Å². The fourth-order valence-electron chi connectivity index (χ4n) is 6.05. The Morgan fingerprint density at radius 2 is 1.51 bits per heavy atom. The van der Waals surface area contributed by atoms with Crippen LogP contribution in [0.2, 0.25) is 0 Å². The monoisotopic (exact) mass is 502 g/mol. The molecule has 2 aliphatic carbocycles. The van der Waals surface area contributed by atoms with Crippen LogP contribution in [0.4, 0.5) is 0 Å². The van der Waals surface area contributed by atoms with Crippen molar-refractivity contribution < 1.29 is 19.5 Å². The molecule has 1 aromatic rings. The van der Waals surface area contributed by atoms with E-state index >= 15 is 0 Å². The molecule has 2 bridgehead atoms. The van der Waals surface area contributed by atoms with Gasteiger partial charge >= 0.3 is 0 Å². The third-order valence-corrected chi connectivity index (χ3v) is 8.28. The van der Waals surface area contributed by atoms with Gasteiger partial charge in [-0.25, -0.2) is 0 Å². The zero-order valence-corrected chi connectivity index (χ0v) is 23.5. The lowest BCUT2D eigenvalue weighted by Gasteiger charge is -2.55. The molecule has 4 atom stereocenters. The van der Waals surface area contributed by atoms with Crippen molar-refractivity contribution in [1.82, 2.24) is 0 Å². The van der Waals surface area contributed by atoms with Gasteiger partial charge in [0.25, 0.3) is 0 Å². The summed E-state index contributed by atoms with van der Waals surface area (Å²) < 4.78 is 0. The average Bonchev–Trinajstić information content (AvgIpc) is 2.82. The smallest absolute Gasteiger partial charge is 0.184 e. The summed E-state index contributed by atoms with van der Waals surface area (Å²) in [5.41, 5.74) is 1.61. The van der Waals surface area contributed by atoms with Crippen LogP contribution >= 0.6 is 0 Å². The van der Waals surface area contributed by atoms with Crippen molar-refractivity contribution in [2.45, 2.75) is 80.6 Å². The molecule has 0 spiro atoms. The number of benzene rings is 1. The molecular weight excluding hydrogens is 460 g/mol. The third-order valence-electron chi connectivity index (χ3n) is 8.28. The summed E-state index contributed by atoms with van der Waals surface area (Å²) in [6.07, 6.45) is 8.98. The zero-order valence-electron chi connectivity index (χ0n) is 23.5. The molecule has 2 aliphatic rings. The summed E-state index contributed by atoms with van der Waals surface area (Å²) in [7, 11) is 0. The number of aliphatic hydroxyl groups is 1. The van der Waals surface area contributed by atoms with E-state index in [4.69, 9.17) is 0 Å². The van der Waals surface area contributed by atoms with Crippen molar-refractivity contribution in [3.63, 3.8) is 0 Å². The number of Topliss-reactive ketones (excluding diaryl/α,β-unsaturated/α-hetero) is 3. The van der Waals surface area contributed by atoms with Gasteiger partial charge in [0.1, 0.15) is 11.3 Å². The Hall–Kier alpha value is -3.01. The molecule has 3 rings (SSSR count). The van der Waals surface area contributed by atoms with E-state index in [2.05, 4.69) is 12.2 Å². The predicted molar refractivity (Wildman–Crippen MR) is 150 cm³/mol. The van der Waals surface area contributed by atoms with Gasteiger partial charge in [0.15, 0.2) is 17.3 Å². The van der Waals surface area contributed by atoms with Crippen LogP contribution in [0.3, 0.4) is 0 Å². The van der Waals surface area contributed by atoms with Gasteiger partial charge in [-0.2, -0.15) is 0 Å². The molecule has 1 aromatic carbocycles. The first-order valence-corrected chi connectivity index (χ1v) is 13.4. The predicted octanol–water partition coefficient (Wildman–Crippen LogP) is 7.76. The van der Waals surface area contributed by atoms with Crippen LogP contribution in [0, 0.1) is 22.7 Å². The molecule has 0 aliphatic heterocycles. The lowest BCUT2D eigenvalue weighted by atomic mass is 9.44. The first-order valence-electron chi connectivity index (χ1n) is 13.4. The molecular formula is C33H42O4. The first kappa shape index (κ1) is 28.6. The number of ketones is 3. The summed E-state index contributed by atoms with van der Waals surface area (Å²) in [5, 5.41) is 11.3. The lowest BCUT2D eigenvalue weighted by molar-refractivity contribution is -0.163. The highest BCUT2D eigenvalue weighted by atomic mass is 16.3. The second-order valence-corrected chi connectivity index (χ2v) is 11.9. The van der Waals surface area contributed by atoms with Gasteiger partial charge in [-0.15, -0.1) is 0 Å². The van der Waals surface area contributed by atoms with Gasteiger partial charge in [0, 0.05) is 5.56 Å². The molecule has 0 radical (unpaired) electrons. The van der Waals surface area contributed by atoms with Crippen molar-refractivity contribution in [1.29, 1.82) is 0 Å². The maximum Gasteiger partial charge on any atom is 0.184 e. The van der Waals surface area contributed by atoms with Gasteiger partial charge in [-0.05, 0) is 85.0 Å². The minimum absolute atomic E-state index is 0.0189. The molecule has 2 saturated carbocycles. The van der Waals surface area contributed by atoms with Crippen LogP contribution in [-0.2, 0) is 14.4 Å². The maximum absolute atomic E-state index is 14.3. The van der Waals surface area contributed by atoms with E-state index in [1.54, 1.807) is 24.3 Å². The first-order chi connectivity index (χ1) is 17.3. The van der Waals surface area contributed by atoms with Crippen LogP contribution in [0.1, 0.15) is 86.1 Å². The molecule has 37 heavy (non-hydrogen) atoms. The SMILES string of the molecule is CC(C)=CCCC1(C)C(CC=C(C)C)CC2(CC=C(C)C)C(=O)C(=C(O)c3ccccc3)C(=O)C1C2=O. The van der Waals surface area contributed by atoms with Gasteiger partial charge in [0.2, 0.25) is 0 Å². The van der Waals surface area contributed by atoms with Crippen molar-refractivity contribution in [3.8, 4) is 0 Å². The molecule has 4 nitrogen and oxygen atoms in total. The van der Waals surface area contributed by atoms with Crippen molar-refractivity contribution in [2.24, 2.45) is 22.7 Å². The quantitative estimate of drug-likeness (QED) is 0.130. The molecule has 198 valence electrons. The zero-order chi connectivity index (χ0) is 27.5. The number of hydrogen-bond donors (Lipinski definition) is 1. The third kappa shape index (κ3) is 5.49. The number of hydrogen-bond acceptors (Lipinski definition) is 4. The Labute approximate surface area is 222 Å². The van der Waals surface area contributed by atoms with Gasteiger partial charge in [-0.1, -0.05) is 72.2 Å². The Morgan fingerprint density at radius 3 is 2.08 bits per heavy atom. The number of allylic oxidation sites excluding steroid dienone is 7. The molecule has 0 heterocycles. The van der Waals surface area contributed by atoms with E-state index in [9.17, 15) is 19.5 Å². The number of fused-ring (bicyclic) bond motifs is 2. The molecule has 4 heteroatoms. The van der Waals surface area contributed by atoms with E-state index in [-0.39, 0.29) is 29.5 Å². The van der Waals surface area contributed by atoms with E-state index in [0.29, 0.717) is 24.8 Å². The van der Waals surface area contributed by atoms with Crippen LogP contribution in [-0.4, -0.2) is 22.5 Å². The summed E-state index contributed by atoms with van der Waals surface area (Å²) in [4.78, 5) is 42.6. The molecule has 2 fully saturated rings.